The third-order valence-electron chi connectivity index (χ3n) is 5.31. The number of ether oxygens (including phenoxy) is 3. The molecule has 0 unspecified atom stereocenters. The predicted molar refractivity (Wildman–Crippen MR) is 135 cm³/mol. The molecule has 0 atom stereocenters. The van der Waals surface area contributed by atoms with Crippen LogP contribution in [0.1, 0.15) is 12.5 Å². The van der Waals surface area contributed by atoms with Gasteiger partial charge in [0.25, 0.3) is 10.0 Å². The summed E-state index contributed by atoms with van der Waals surface area (Å²) in [6, 6.07) is 20.4. The van der Waals surface area contributed by atoms with Crippen LogP contribution >= 0.6 is 0 Å². The van der Waals surface area contributed by atoms with Gasteiger partial charge in [-0.15, -0.1) is 0 Å². The maximum Gasteiger partial charge on any atom is 0.264 e. The summed E-state index contributed by atoms with van der Waals surface area (Å²) < 4.78 is 44.2. The first kappa shape index (κ1) is 25.9. The number of hydrogen-bond donors (Lipinski definition) is 1. The molecule has 0 fully saturated rings. The maximum atomic E-state index is 13.5. The van der Waals surface area contributed by atoms with Crippen molar-refractivity contribution in [3.8, 4) is 17.2 Å². The van der Waals surface area contributed by atoms with Gasteiger partial charge in [0, 0.05) is 0 Å². The summed E-state index contributed by atoms with van der Waals surface area (Å²) in [6.45, 7) is 2.11. The lowest BCUT2D eigenvalue weighted by atomic mass is 10.2. The maximum absolute atomic E-state index is 13.5. The summed E-state index contributed by atoms with van der Waals surface area (Å²) in [5.41, 5.74) is 1.47. The standard InChI is InChI=1S/C26H30N2O6S/c1-4-20-9-11-22(12-10-20)34-18-17-27-26(29)19-28(24-7-5-6-8-25(24)33-3)35(30,31)23-15-13-21(32-2)14-16-23/h5-16H,4,17-19H2,1-3H3,(H,27,29). The number of sulfonamides is 1. The van der Waals surface area contributed by atoms with E-state index >= 15 is 0 Å². The van der Waals surface area contributed by atoms with Crippen LogP contribution in [0.5, 0.6) is 17.2 Å². The lowest BCUT2D eigenvalue weighted by Gasteiger charge is -2.25. The van der Waals surface area contributed by atoms with E-state index in [-0.39, 0.29) is 23.7 Å². The molecule has 0 radical (unpaired) electrons. The van der Waals surface area contributed by atoms with Crippen LogP contribution in [0.4, 0.5) is 5.69 Å². The highest BCUT2D eigenvalue weighted by Crippen LogP contribution is 2.32. The number of nitrogens with one attached hydrogen (secondary N) is 1. The Hall–Kier alpha value is -3.72. The monoisotopic (exact) mass is 498 g/mol. The van der Waals surface area contributed by atoms with E-state index in [9.17, 15) is 13.2 Å². The molecule has 0 aromatic heterocycles. The van der Waals surface area contributed by atoms with Crippen LogP contribution in [0.3, 0.4) is 0 Å². The molecule has 0 aliphatic rings. The molecule has 1 amide bonds. The highest BCUT2D eigenvalue weighted by atomic mass is 32.2. The Morgan fingerprint density at radius 3 is 2.17 bits per heavy atom. The number of nitrogens with zero attached hydrogens (tertiary/aromatic N) is 1. The minimum Gasteiger partial charge on any atom is -0.497 e. The predicted octanol–water partition coefficient (Wildman–Crippen LogP) is 3.66. The first-order valence-electron chi connectivity index (χ1n) is 11.2. The van der Waals surface area contributed by atoms with E-state index in [0.717, 1.165) is 10.7 Å². The van der Waals surface area contributed by atoms with Crippen molar-refractivity contribution in [3.63, 3.8) is 0 Å². The summed E-state index contributed by atoms with van der Waals surface area (Å²) in [5.74, 6) is 1.08. The smallest absolute Gasteiger partial charge is 0.264 e. The van der Waals surface area contributed by atoms with Gasteiger partial charge in [0.15, 0.2) is 0 Å². The van der Waals surface area contributed by atoms with Gasteiger partial charge in [0.2, 0.25) is 5.91 Å². The minimum absolute atomic E-state index is 0.0239. The van der Waals surface area contributed by atoms with Crippen molar-refractivity contribution in [1.29, 1.82) is 0 Å². The van der Waals surface area contributed by atoms with Gasteiger partial charge in [-0.25, -0.2) is 8.42 Å². The van der Waals surface area contributed by atoms with Crippen LogP contribution in [0.2, 0.25) is 0 Å². The molecular formula is C26H30N2O6S. The number of hydrogen-bond acceptors (Lipinski definition) is 6. The summed E-state index contributed by atoms with van der Waals surface area (Å²) in [7, 11) is -1.14. The Kier molecular flexibility index (Phi) is 8.97. The summed E-state index contributed by atoms with van der Waals surface area (Å²) in [4.78, 5) is 12.8. The van der Waals surface area contributed by atoms with Crippen molar-refractivity contribution in [2.45, 2.75) is 18.2 Å². The zero-order valence-corrected chi connectivity index (χ0v) is 20.9. The highest BCUT2D eigenvalue weighted by Gasteiger charge is 2.29. The number of para-hydroxylation sites is 2. The highest BCUT2D eigenvalue weighted by molar-refractivity contribution is 7.92. The van der Waals surface area contributed by atoms with Crippen molar-refractivity contribution >= 4 is 21.6 Å². The SMILES string of the molecule is CCc1ccc(OCCNC(=O)CN(c2ccccc2OC)S(=O)(=O)c2ccc(OC)cc2)cc1. The molecule has 0 saturated heterocycles. The number of anilines is 1. The first-order valence-corrected chi connectivity index (χ1v) is 12.6. The van der Waals surface area contributed by atoms with E-state index < -0.39 is 22.5 Å². The third-order valence-corrected chi connectivity index (χ3v) is 7.09. The van der Waals surface area contributed by atoms with Crippen molar-refractivity contribution in [3.05, 3.63) is 78.4 Å². The number of benzene rings is 3. The molecule has 0 heterocycles. The lowest BCUT2D eigenvalue weighted by Crippen LogP contribution is -2.42. The number of amides is 1. The zero-order chi connectivity index (χ0) is 25.3. The Morgan fingerprint density at radius 2 is 1.54 bits per heavy atom. The molecule has 3 aromatic rings. The Bertz CT molecular complexity index is 1210. The second-order valence-electron chi connectivity index (χ2n) is 7.55. The minimum atomic E-state index is -4.08. The molecule has 3 rings (SSSR count). The van der Waals surface area contributed by atoms with E-state index in [0.29, 0.717) is 17.2 Å². The van der Waals surface area contributed by atoms with E-state index in [4.69, 9.17) is 14.2 Å². The number of rotatable bonds is 12. The van der Waals surface area contributed by atoms with E-state index in [1.54, 1.807) is 36.4 Å². The Balaban J connectivity index is 1.73. The molecule has 0 bridgehead atoms. The molecular weight excluding hydrogens is 468 g/mol. The van der Waals surface area contributed by atoms with Gasteiger partial charge >= 0.3 is 0 Å². The molecule has 35 heavy (non-hydrogen) atoms. The number of carbonyl (C=O) groups excluding carboxylic acids is 1. The average molecular weight is 499 g/mol. The van der Waals surface area contributed by atoms with Crippen LogP contribution in [0, 0.1) is 0 Å². The van der Waals surface area contributed by atoms with Crippen molar-refractivity contribution < 1.29 is 27.4 Å². The molecule has 9 heteroatoms. The quantitative estimate of drug-likeness (QED) is 0.383. The summed E-state index contributed by atoms with van der Waals surface area (Å²) >= 11 is 0. The van der Waals surface area contributed by atoms with Crippen molar-refractivity contribution in [1.82, 2.24) is 5.32 Å². The van der Waals surface area contributed by atoms with E-state index in [2.05, 4.69) is 12.2 Å². The van der Waals surface area contributed by atoms with Gasteiger partial charge in [0.1, 0.15) is 30.4 Å². The first-order chi connectivity index (χ1) is 16.9. The van der Waals surface area contributed by atoms with Crippen molar-refractivity contribution in [2.24, 2.45) is 0 Å². The average Bonchev–Trinajstić information content (AvgIpc) is 2.90. The van der Waals surface area contributed by atoms with Gasteiger partial charge in [-0.2, -0.15) is 0 Å². The number of carbonyl (C=O) groups is 1. The van der Waals surface area contributed by atoms with Crippen LogP contribution in [-0.2, 0) is 21.2 Å². The normalized spacial score (nSPS) is 10.9. The molecule has 1 N–H and O–H groups in total. The van der Waals surface area contributed by atoms with Crippen LogP contribution < -0.4 is 23.8 Å². The van der Waals surface area contributed by atoms with Crippen LogP contribution in [-0.4, -0.2) is 48.2 Å². The van der Waals surface area contributed by atoms with E-state index in [1.807, 2.05) is 24.3 Å². The van der Waals surface area contributed by atoms with E-state index in [1.165, 1.54) is 31.9 Å². The van der Waals surface area contributed by atoms with Gasteiger partial charge in [-0.1, -0.05) is 31.2 Å². The molecule has 3 aromatic carbocycles. The largest absolute Gasteiger partial charge is 0.497 e. The van der Waals surface area contributed by atoms with Crippen LogP contribution in [0.15, 0.2) is 77.7 Å². The Labute approximate surface area is 206 Å². The van der Waals surface area contributed by atoms with Gasteiger partial charge in [-0.05, 0) is 60.5 Å². The second-order valence-corrected chi connectivity index (χ2v) is 9.42. The molecule has 0 spiro atoms. The van der Waals surface area contributed by atoms with Crippen molar-refractivity contribution in [2.75, 3.05) is 38.2 Å². The lowest BCUT2D eigenvalue weighted by molar-refractivity contribution is -0.119. The Morgan fingerprint density at radius 1 is 0.886 bits per heavy atom. The summed E-state index contributed by atoms with van der Waals surface area (Å²) in [6.07, 6.45) is 0.943. The van der Waals surface area contributed by atoms with Gasteiger partial charge in [-0.3, -0.25) is 9.10 Å². The van der Waals surface area contributed by atoms with Crippen LogP contribution in [0.25, 0.3) is 0 Å². The fourth-order valence-corrected chi connectivity index (χ4v) is 4.81. The zero-order valence-electron chi connectivity index (χ0n) is 20.1. The molecule has 0 saturated carbocycles. The van der Waals surface area contributed by atoms with Gasteiger partial charge < -0.3 is 19.5 Å². The fraction of sp³-hybridized carbons (Fsp3) is 0.269. The molecule has 186 valence electrons. The third kappa shape index (κ3) is 6.66. The van der Waals surface area contributed by atoms with Gasteiger partial charge in [0.05, 0.1) is 31.3 Å². The number of methoxy groups -OCH3 is 2. The fourth-order valence-electron chi connectivity index (χ4n) is 3.38. The molecule has 0 aliphatic carbocycles. The summed E-state index contributed by atoms with van der Waals surface area (Å²) in [5, 5.41) is 2.72. The second kappa shape index (κ2) is 12.1. The molecule has 0 aliphatic heterocycles. The number of aryl methyl sites for hydroxylation is 1. The molecule has 8 nitrogen and oxygen atoms in total. The topological polar surface area (TPSA) is 94.2 Å².